The van der Waals surface area contributed by atoms with Gasteiger partial charge in [-0.05, 0) is 29.8 Å². The first-order valence-electron chi connectivity index (χ1n) is 8.08. The van der Waals surface area contributed by atoms with Crippen LogP contribution >= 0.6 is 23.4 Å². The van der Waals surface area contributed by atoms with E-state index in [0.29, 0.717) is 21.4 Å². The lowest BCUT2D eigenvalue weighted by atomic mass is 10.0. The fraction of sp³-hybridized carbons (Fsp3) is 0.0476. The highest BCUT2D eigenvalue weighted by atomic mass is 35.5. The third kappa shape index (κ3) is 3.52. The molecule has 3 nitrogen and oxygen atoms in total. The summed E-state index contributed by atoms with van der Waals surface area (Å²) in [5, 5.41) is 0.629. The summed E-state index contributed by atoms with van der Waals surface area (Å²) < 4.78 is 5.80. The number of halogens is 1. The summed E-state index contributed by atoms with van der Waals surface area (Å²) in [6.07, 6.45) is 0. The van der Waals surface area contributed by atoms with Crippen molar-refractivity contribution in [3.8, 4) is 0 Å². The van der Waals surface area contributed by atoms with Crippen molar-refractivity contribution >= 4 is 40.2 Å². The summed E-state index contributed by atoms with van der Waals surface area (Å²) in [6.45, 7) is 0. The molecule has 0 saturated heterocycles. The van der Waals surface area contributed by atoms with Crippen LogP contribution in [-0.4, -0.2) is 10.8 Å². The number of thioether (sulfide) groups is 1. The second kappa shape index (κ2) is 7.36. The predicted molar refractivity (Wildman–Crippen MR) is 105 cm³/mol. The summed E-state index contributed by atoms with van der Waals surface area (Å²) >= 11 is 7.31. The van der Waals surface area contributed by atoms with Crippen molar-refractivity contribution in [2.24, 2.45) is 0 Å². The van der Waals surface area contributed by atoms with Crippen LogP contribution in [0.4, 0.5) is 0 Å². The van der Waals surface area contributed by atoms with Gasteiger partial charge in [-0.2, -0.15) is 0 Å². The highest BCUT2D eigenvalue weighted by molar-refractivity contribution is 8.00. The van der Waals surface area contributed by atoms with E-state index in [2.05, 4.69) is 4.98 Å². The smallest absolute Gasteiger partial charge is 0.257 e. The van der Waals surface area contributed by atoms with Crippen molar-refractivity contribution in [1.29, 1.82) is 0 Å². The number of carbonyl (C=O) groups is 1. The highest BCUT2D eigenvalue weighted by Gasteiger charge is 2.25. The van der Waals surface area contributed by atoms with Crippen molar-refractivity contribution in [2.45, 2.75) is 10.5 Å². The lowest BCUT2D eigenvalue weighted by molar-refractivity contribution is 0.0989. The van der Waals surface area contributed by atoms with Crippen molar-refractivity contribution in [3.05, 3.63) is 95.0 Å². The maximum atomic E-state index is 13.1. The van der Waals surface area contributed by atoms with Gasteiger partial charge in [0.25, 0.3) is 5.22 Å². The Morgan fingerprint density at radius 3 is 2.35 bits per heavy atom. The van der Waals surface area contributed by atoms with E-state index in [0.717, 1.165) is 11.1 Å². The molecular weight excluding hydrogens is 366 g/mol. The van der Waals surface area contributed by atoms with Crippen molar-refractivity contribution < 1.29 is 9.21 Å². The monoisotopic (exact) mass is 379 g/mol. The van der Waals surface area contributed by atoms with Crippen LogP contribution in [-0.2, 0) is 0 Å². The number of fused-ring (bicyclic) bond motifs is 1. The summed E-state index contributed by atoms with van der Waals surface area (Å²) in [5.74, 6) is 0.000165. The fourth-order valence-electron chi connectivity index (χ4n) is 2.67. The average Bonchev–Trinajstić information content (AvgIpc) is 3.10. The summed E-state index contributed by atoms with van der Waals surface area (Å²) in [6, 6.07) is 24.1. The van der Waals surface area contributed by atoms with Gasteiger partial charge < -0.3 is 4.42 Å². The Bertz CT molecular complexity index is 1010. The minimum Gasteiger partial charge on any atom is -0.431 e. The number of Topliss-reactive ketones (excluding diaryl/α,β-unsaturated/α-hetero) is 1. The molecule has 0 amide bonds. The standard InChI is InChI=1S/C21H14ClNO2S/c22-16-12-10-15(11-13-16)20(19(24)14-6-2-1-3-7-14)26-21-23-17-8-4-5-9-18(17)25-21/h1-13,20H/t20-/m1/s1. The van der Waals surface area contributed by atoms with E-state index in [4.69, 9.17) is 16.0 Å². The van der Waals surface area contributed by atoms with Gasteiger partial charge in [0, 0.05) is 10.6 Å². The van der Waals surface area contributed by atoms with Crippen LogP contribution in [0.15, 0.2) is 88.5 Å². The molecule has 0 saturated carbocycles. The van der Waals surface area contributed by atoms with Crippen LogP contribution in [0.5, 0.6) is 0 Å². The molecule has 1 aromatic heterocycles. The zero-order valence-corrected chi connectivity index (χ0v) is 15.2. The second-order valence-corrected chi connectivity index (χ2v) is 7.22. The number of oxazole rings is 1. The summed E-state index contributed by atoms with van der Waals surface area (Å²) in [7, 11) is 0. The molecule has 4 rings (SSSR count). The number of aromatic nitrogens is 1. The van der Waals surface area contributed by atoms with E-state index in [1.807, 2.05) is 66.7 Å². The normalized spacial score (nSPS) is 12.2. The molecule has 0 spiro atoms. The van der Waals surface area contributed by atoms with Gasteiger partial charge in [-0.25, -0.2) is 4.98 Å². The van der Waals surface area contributed by atoms with Crippen LogP contribution in [0.1, 0.15) is 21.2 Å². The van der Waals surface area contributed by atoms with Gasteiger partial charge in [0.1, 0.15) is 10.8 Å². The molecule has 0 aliphatic rings. The van der Waals surface area contributed by atoms with E-state index < -0.39 is 5.25 Å². The maximum absolute atomic E-state index is 13.1. The fourth-order valence-corrected chi connectivity index (χ4v) is 3.82. The molecule has 1 heterocycles. The lowest BCUT2D eigenvalue weighted by Gasteiger charge is -2.14. The van der Waals surface area contributed by atoms with Gasteiger partial charge in [0.05, 0.1) is 0 Å². The molecule has 0 aliphatic heterocycles. The molecular formula is C21H14ClNO2S. The Labute approximate surface area is 160 Å². The first-order chi connectivity index (χ1) is 12.7. The zero-order valence-electron chi connectivity index (χ0n) is 13.6. The molecule has 0 radical (unpaired) electrons. The Hall–Kier alpha value is -2.56. The van der Waals surface area contributed by atoms with Crippen LogP contribution < -0.4 is 0 Å². The quantitative estimate of drug-likeness (QED) is 0.306. The van der Waals surface area contributed by atoms with Gasteiger partial charge in [0.2, 0.25) is 0 Å². The Morgan fingerprint density at radius 1 is 0.923 bits per heavy atom. The van der Waals surface area contributed by atoms with E-state index >= 15 is 0 Å². The number of benzene rings is 3. The number of hydrogen-bond donors (Lipinski definition) is 0. The lowest BCUT2D eigenvalue weighted by Crippen LogP contribution is -2.10. The molecule has 0 N–H and O–H groups in total. The molecule has 0 fully saturated rings. The molecule has 0 bridgehead atoms. The molecule has 0 unspecified atom stereocenters. The Balaban J connectivity index is 1.72. The third-order valence-electron chi connectivity index (χ3n) is 3.96. The first kappa shape index (κ1) is 16.9. The van der Waals surface area contributed by atoms with Gasteiger partial charge in [-0.3, -0.25) is 4.79 Å². The number of nitrogens with zero attached hydrogens (tertiary/aromatic N) is 1. The minimum absolute atomic E-state index is 0.000165. The molecule has 1 atom stereocenters. The predicted octanol–water partition coefficient (Wildman–Crippen LogP) is 6.20. The SMILES string of the molecule is O=C(c1ccccc1)[C@H](Sc1nc2ccccc2o1)c1ccc(Cl)cc1. The molecule has 0 aliphatic carbocycles. The largest absolute Gasteiger partial charge is 0.431 e. The Kier molecular flexibility index (Phi) is 4.78. The van der Waals surface area contributed by atoms with E-state index in [1.54, 1.807) is 12.1 Å². The number of ketones is 1. The Morgan fingerprint density at radius 2 is 1.62 bits per heavy atom. The maximum Gasteiger partial charge on any atom is 0.257 e. The van der Waals surface area contributed by atoms with Gasteiger partial charge in [-0.15, -0.1) is 0 Å². The van der Waals surface area contributed by atoms with E-state index in [1.165, 1.54) is 11.8 Å². The molecule has 5 heteroatoms. The first-order valence-corrected chi connectivity index (χ1v) is 9.33. The molecule has 26 heavy (non-hydrogen) atoms. The van der Waals surface area contributed by atoms with Crippen LogP contribution in [0.2, 0.25) is 5.02 Å². The van der Waals surface area contributed by atoms with E-state index in [9.17, 15) is 4.79 Å². The number of hydrogen-bond acceptors (Lipinski definition) is 4. The molecule has 3 aromatic carbocycles. The topological polar surface area (TPSA) is 43.1 Å². The zero-order chi connectivity index (χ0) is 17.9. The van der Waals surface area contributed by atoms with Crippen LogP contribution in [0.25, 0.3) is 11.1 Å². The highest BCUT2D eigenvalue weighted by Crippen LogP contribution is 2.38. The van der Waals surface area contributed by atoms with E-state index in [-0.39, 0.29) is 5.78 Å². The number of rotatable bonds is 5. The second-order valence-electron chi connectivity index (χ2n) is 5.73. The minimum atomic E-state index is -0.470. The van der Waals surface area contributed by atoms with Crippen LogP contribution in [0.3, 0.4) is 0 Å². The third-order valence-corrected chi connectivity index (χ3v) is 5.31. The average molecular weight is 380 g/mol. The summed E-state index contributed by atoms with van der Waals surface area (Å²) in [4.78, 5) is 17.6. The van der Waals surface area contributed by atoms with Gasteiger partial charge in [-0.1, -0.05) is 78.0 Å². The summed E-state index contributed by atoms with van der Waals surface area (Å²) in [5.41, 5.74) is 2.99. The van der Waals surface area contributed by atoms with Crippen LogP contribution in [0, 0.1) is 0 Å². The molecule has 4 aromatic rings. The van der Waals surface area contributed by atoms with Crippen molar-refractivity contribution in [1.82, 2.24) is 4.98 Å². The van der Waals surface area contributed by atoms with Gasteiger partial charge >= 0.3 is 0 Å². The van der Waals surface area contributed by atoms with Crippen molar-refractivity contribution in [3.63, 3.8) is 0 Å². The number of para-hydroxylation sites is 2. The van der Waals surface area contributed by atoms with Gasteiger partial charge in [0.15, 0.2) is 11.4 Å². The molecule has 128 valence electrons. The number of carbonyl (C=O) groups excluding carboxylic acids is 1. The van der Waals surface area contributed by atoms with Crippen molar-refractivity contribution in [2.75, 3.05) is 0 Å².